The summed E-state index contributed by atoms with van der Waals surface area (Å²) in [7, 11) is 0. The lowest BCUT2D eigenvalue weighted by Gasteiger charge is -2.19. The standard InChI is InChI=1S/C11H13BrFNO2/c1-11(2,3)16-10(15)4-7-6-14-9(13)5-8(7)12/h5-6H,4H2,1-3H3. The van der Waals surface area contributed by atoms with Crippen LogP contribution in [0.3, 0.4) is 0 Å². The van der Waals surface area contributed by atoms with Crippen molar-refractivity contribution in [2.75, 3.05) is 0 Å². The van der Waals surface area contributed by atoms with Crippen molar-refractivity contribution in [2.45, 2.75) is 32.8 Å². The number of carbonyl (C=O) groups excluding carboxylic acids is 1. The van der Waals surface area contributed by atoms with Crippen LogP contribution in [-0.4, -0.2) is 16.6 Å². The number of esters is 1. The number of hydrogen-bond acceptors (Lipinski definition) is 3. The smallest absolute Gasteiger partial charge is 0.310 e. The Morgan fingerprint density at radius 1 is 1.56 bits per heavy atom. The van der Waals surface area contributed by atoms with Gasteiger partial charge in [0.25, 0.3) is 0 Å². The van der Waals surface area contributed by atoms with Crippen LogP contribution in [0.2, 0.25) is 0 Å². The van der Waals surface area contributed by atoms with Crippen LogP contribution >= 0.6 is 15.9 Å². The molecule has 0 aromatic carbocycles. The summed E-state index contributed by atoms with van der Waals surface area (Å²) in [6, 6.07) is 1.22. The number of pyridine rings is 1. The number of nitrogens with zero attached hydrogens (tertiary/aromatic N) is 1. The van der Waals surface area contributed by atoms with Crippen molar-refractivity contribution >= 4 is 21.9 Å². The number of carbonyl (C=O) groups is 1. The minimum atomic E-state index is -0.584. The monoisotopic (exact) mass is 289 g/mol. The molecule has 0 aliphatic heterocycles. The quantitative estimate of drug-likeness (QED) is 0.621. The third-order valence-electron chi connectivity index (χ3n) is 1.65. The normalized spacial score (nSPS) is 11.3. The van der Waals surface area contributed by atoms with E-state index in [4.69, 9.17) is 4.74 Å². The fraction of sp³-hybridized carbons (Fsp3) is 0.455. The molecule has 0 spiro atoms. The van der Waals surface area contributed by atoms with Gasteiger partial charge in [-0.15, -0.1) is 0 Å². The summed E-state index contributed by atoms with van der Waals surface area (Å²) in [5.74, 6) is -0.943. The molecular weight excluding hydrogens is 277 g/mol. The van der Waals surface area contributed by atoms with Gasteiger partial charge >= 0.3 is 5.97 Å². The second-order valence-corrected chi connectivity index (χ2v) is 5.22. The molecule has 0 aliphatic rings. The van der Waals surface area contributed by atoms with Gasteiger partial charge in [0.1, 0.15) is 5.60 Å². The summed E-state index contributed by atoms with van der Waals surface area (Å²) in [6.07, 6.45) is 1.40. The lowest BCUT2D eigenvalue weighted by Crippen LogP contribution is -2.25. The molecule has 0 fully saturated rings. The summed E-state index contributed by atoms with van der Waals surface area (Å²) < 4.78 is 18.4. The first-order chi connectivity index (χ1) is 7.28. The van der Waals surface area contributed by atoms with Crippen LogP contribution in [0.4, 0.5) is 4.39 Å². The van der Waals surface area contributed by atoms with E-state index in [0.29, 0.717) is 10.0 Å². The molecule has 0 amide bonds. The van der Waals surface area contributed by atoms with Gasteiger partial charge in [0.15, 0.2) is 0 Å². The largest absolute Gasteiger partial charge is 0.460 e. The van der Waals surface area contributed by atoms with Crippen molar-refractivity contribution in [2.24, 2.45) is 0 Å². The van der Waals surface area contributed by atoms with Gasteiger partial charge in [0.2, 0.25) is 5.95 Å². The van der Waals surface area contributed by atoms with Crippen molar-refractivity contribution in [3.05, 3.63) is 28.2 Å². The molecule has 0 saturated heterocycles. The van der Waals surface area contributed by atoms with E-state index < -0.39 is 11.5 Å². The van der Waals surface area contributed by atoms with Gasteiger partial charge in [-0.05, 0) is 26.3 Å². The van der Waals surface area contributed by atoms with Gasteiger partial charge in [0, 0.05) is 16.7 Å². The molecule has 0 radical (unpaired) electrons. The Hall–Kier alpha value is -0.970. The van der Waals surface area contributed by atoms with Crippen LogP contribution in [0.25, 0.3) is 0 Å². The second-order valence-electron chi connectivity index (χ2n) is 4.36. The lowest BCUT2D eigenvalue weighted by atomic mass is 10.2. The lowest BCUT2D eigenvalue weighted by molar-refractivity contribution is -0.153. The number of hydrogen-bond donors (Lipinski definition) is 0. The first-order valence-corrected chi connectivity index (χ1v) is 5.59. The Morgan fingerprint density at radius 2 is 2.19 bits per heavy atom. The average molecular weight is 290 g/mol. The van der Waals surface area contributed by atoms with Crippen LogP contribution < -0.4 is 0 Å². The van der Waals surface area contributed by atoms with E-state index in [9.17, 15) is 9.18 Å². The highest BCUT2D eigenvalue weighted by Gasteiger charge is 2.17. The van der Waals surface area contributed by atoms with Crippen LogP contribution in [0.15, 0.2) is 16.7 Å². The maximum Gasteiger partial charge on any atom is 0.310 e. The predicted octanol–water partition coefficient (Wildman–Crippen LogP) is 2.87. The van der Waals surface area contributed by atoms with Crippen molar-refractivity contribution < 1.29 is 13.9 Å². The zero-order valence-corrected chi connectivity index (χ0v) is 11.0. The van der Waals surface area contributed by atoms with Gasteiger partial charge in [-0.1, -0.05) is 15.9 Å². The van der Waals surface area contributed by atoms with E-state index in [1.54, 1.807) is 20.8 Å². The Labute approximate surface area is 102 Å². The highest BCUT2D eigenvalue weighted by atomic mass is 79.9. The summed E-state index contributed by atoms with van der Waals surface area (Å²) in [5, 5.41) is 0. The molecule has 1 rings (SSSR count). The molecular formula is C11H13BrFNO2. The Kier molecular flexibility index (Phi) is 4.02. The molecule has 0 saturated carbocycles. The molecule has 0 atom stereocenters. The SMILES string of the molecule is CC(C)(C)OC(=O)Cc1cnc(F)cc1Br. The zero-order chi connectivity index (χ0) is 12.3. The van der Waals surface area contributed by atoms with Crippen LogP contribution in [0.1, 0.15) is 26.3 Å². The zero-order valence-electron chi connectivity index (χ0n) is 9.38. The van der Waals surface area contributed by atoms with Gasteiger partial charge in [0.05, 0.1) is 6.42 Å². The van der Waals surface area contributed by atoms with Crippen LogP contribution in [0, 0.1) is 5.95 Å². The van der Waals surface area contributed by atoms with Crippen molar-refractivity contribution in [1.82, 2.24) is 4.98 Å². The minimum Gasteiger partial charge on any atom is -0.460 e. The maximum absolute atomic E-state index is 12.7. The number of halogens is 2. The molecule has 16 heavy (non-hydrogen) atoms. The van der Waals surface area contributed by atoms with Gasteiger partial charge in [-0.2, -0.15) is 4.39 Å². The average Bonchev–Trinajstić information content (AvgIpc) is 2.06. The van der Waals surface area contributed by atoms with Crippen molar-refractivity contribution in [3.8, 4) is 0 Å². The Balaban J connectivity index is 2.70. The molecule has 0 unspecified atom stereocenters. The van der Waals surface area contributed by atoms with Gasteiger partial charge < -0.3 is 4.74 Å². The van der Waals surface area contributed by atoms with E-state index in [0.717, 1.165) is 0 Å². The number of aromatic nitrogens is 1. The highest BCUT2D eigenvalue weighted by molar-refractivity contribution is 9.10. The third kappa shape index (κ3) is 4.26. The number of rotatable bonds is 2. The molecule has 1 aromatic heterocycles. The van der Waals surface area contributed by atoms with E-state index in [1.807, 2.05) is 0 Å². The summed E-state index contributed by atoms with van der Waals surface area (Å²) in [6.45, 7) is 5.38. The summed E-state index contributed by atoms with van der Waals surface area (Å²) in [4.78, 5) is 15.0. The Bertz CT molecular complexity index is 401. The highest BCUT2D eigenvalue weighted by Crippen LogP contribution is 2.18. The summed E-state index contributed by atoms with van der Waals surface area (Å²) >= 11 is 3.17. The minimum absolute atomic E-state index is 0.0745. The maximum atomic E-state index is 12.7. The van der Waals surface area contributed by atoms with E-state index >= 15 is 0 Å². The Morgan fingerprint density at radius 3 is 2.69 bits per heavy atom. The molecule has 0 N–H and O–H groups in total. The first kappa shape index (κ1) is 13.1. The molecule has 1 heterocycles. The topological polar surface area (TPSA) is 39.2 Å². The molecule has 0 aliphatic carbocycles. The van der Waals surface area contributed by atoms with E-state index in [2.05, 4.69) is 20.9 Å². The molecule has 3 nitrogen and oxygen atoms in total. The fourth-order valence-electron chi connectivity index (χ4n) is 1.10. The first-order valence-electron chi connectivity index (χ1n) is 4.80. The number of ether oxygens (including phenoxy) is 1. The molecule has 88 valence electrons. The van der Waals surface area contributed by atoms with Crippen LogP contribution in [-0.2, 0) is 16.0 Å². The van der Waals surface area contributed by atoms with E-state index in [1.165, 1.54) is 12.3 Å². The van der Waals surface area contributed by atoms with Gasteiger partial charge in [-0.25, -0.2) is 4.98 Å². The molecule has 1 aromatic rings. The van der Waals surface area contributed by atoms with Crippen LogP contribution in [0.5, 0.6) is 0 Å². The van der Waals surface area contributed by atoms with E-state index in [-0.39, 0.29) is 12.4 Å². The molecule has 5 heteroatoms. The third-order valence-corrected chi connectivity index (χ3v) is 2.39. The second kappa shape index (κ2) is 4.91. The predicted molar refractivity (Wildman–Crippen MR) is 61.4 cm³/mol. The van der Waals surface area contributed by atoms with Gasteiger partial charge in [-0.3, -0.25) is 4.79 Å². The summed E-state index contributed by atoms with van der Waals surface area (Å²) in [5.41, 5.74) is 0.0902. The van der Waals surface area contributed by atoms with Crippen molar-refractivity contribution in [3.63, 3.8) is 0 Å². The van der Waals surface area contributed by atoms with Crippen molar-refractivity contribution in [1.29, 1.82) is 0 Å². The molecule has 0 bridgehead atoms. The fourth-order valence-corrected chi connectivity index (χ4v) is 1.53.